The minimum atomic E-state index is -4.60. The molecule has 1 aromatic heterocycles. The third-order valence-electron chi connectivity index (χ3n) is 5.59. The molecule has 0 radical (unpaired) electrons. The number of hydroxylamine groups is 1. The van der Waals surface area contributed by atoms with Crippen LogP contribution in [0.15, 0.2) is 53.6 Å². The summed E-state index contributed by atoms with van der Waals surface area (Å²) in [7, 11) is -3.39. The average Bonchev–Trinajstić information content (AvgIpc) is 3.67. The van der Waals surface area contributed by atoms with E-state index in [1.807, 2.05) is 0 Å². The molecule has 2 N–H and O–H groups in total. The van der Waals surface area contributed by atoms with E-state index in [0.717, 1.165) is 26.8 Å². The Balaban J connectivity index is 1.77. The Hall–Kier alpha value is -2.84. The molecule has 0 aliphatic heterocycles. The molecule has 1 amide bonds. The Morgan fingerprint density at radius 1 is 1.17 bits per heavy atom. The standard InChI is InChI=1S/C24H23F2IN4O4S/c1-14-11-18(9-10-28-14)31(2)36(33,34)20-12-19(24(32)30-35-13-15-3-4-15)23(22(26)21(20)25)29-17-7-5-16(27)6-8-17/h5-12,15,29H,3-4,13H2,1-2H3,(H,30,32). The van der Waals surface area contributed by atoms with Crippen molar-refractivity contribution in [3.63, 3.8) is 0 Å². The Bertz CT molecular complexity index is 1400. The zero-order valence-corrected chi connectivity index (χ0v) is 22.4. The number of carbonyl (C=O) groups is 1. The summed E-state index contributed by atoms with van der Waals surface area (Å²) in [5.41, 5.74) is 2.38. The molecule has 0 spiro atoms. The molecular weight excluding hydrogens is 605 g/mol. The van der Waals surface area contributed by atoms with Crippen molar-refractivity contribution < 1.29 is 26.8 Å². The van der Waals surface area contributed by atoms with E-state index in [2.05, 4.69) is 38.4 Å². The van der Waals surface area contributed by atoms with E-state index in [1.165, 1.54) is 25.4 Å². The van der Waals surface area contributed by atoms with Gasteiger partial charge in [0, 0.05) is 28.2 Å². The molecule has 1 aliphatic rings. The van der Waals surface area contributed by atoms with Crippen molar-refractivity contribution in [2.75, 3.05) is 23.3 Å². The highest BCUT2D eigenvalue weighted by atomic mass is 127. The van der Waals surface area contributed by atoms with Crippen LogP contribution in [-0.4, -0.2) is 33.0 Å². The monoisotopic (exact) mass is 628 g/mol. The van der Waals surface area contributed by atoms with Gasteiger partial charge in [-0.1, -0.05) is 0 Å². The Morgan fingerprint density at radius 3 is 2.50 bits per heavy atom. The molecule has 1 heterocycles. The summed E-state index contributed by atoms with van der Waals surface area (Å²) >= 11 is 2.09. The summed E-state index contributed by atoms with van der Waals surface area (Å²) in [5.74, 6) is -3.72. The number of aromatic nitrogens is 1. The fourth-order valence-corrected chi connectivity index (χ4v) is 4.98. The molecular formula is C24H23F2IN4O4S. The number of hydrogen-bond donors (Lipinski definition) is 2. The number of carbonyl (C=O) groups excluding carboxylic acids is 1. The first-order valence-corrected chi connectivity index (χ1v) is 13.5. The highest BCUT2D eigenvalue weighted by Crippen LogP contribution is 2.34. The van der Waals surface area contributed by atoms with Crippen LogP contribution >= 0.6 is 22.6 Å². The molecule has 1 aliphatic carbocycles. The van der Waals surface area contributed by atoms with Gasteiger partial charge in [0.15, 0.2) is 11.6 Å². The summed E-state index contributed by atoms with van der Waals surface area (Å²) in [6, 6.07) is 10.4. The number of nitrogens with zero attached hydrogens (tertiary/aromatic N) is 2. The summed E-state index contributed by atoms with van der Waals surface area (Å²) in [4.78, 5) is 21.2. The van der Waals surface area contributed by atoms with E-state index >= 15 is 8.78 Å². The smallest absolute Gasteiger partial charge is 0.277 e. The zero-order valence-electron chi connectivity index (χ0n) is 19.4. The lowest BCUT2D eigenvalue weighted by molar-refractivity contribution is 0.0270. The Morgan fingerprint density at radius 2 is 1.86 bits per heavy atom. The van der Waals surface area contributed by atoms with E-state index in [4.69, 9.17) is 4.84 Å². The maximum atomic E-state index is 15.4. The van der Waals surface area contributed by atoms with Gasteiger partial charge in [0.1, 0.15) is 4.90 Å². The van der Waals surface area contributed by atoms with Crippen LogP contribution in [0.1, 0.15) is 28.9 Å². The first-order chi connectivity index (χ1) is 17.1. The van der Waals surface area contributed by atoms with Gasteiger partial charge in [0.25, 0.3) is 15.9 Å². The van der Waals surface area contributed by atoms with Gasteiger partial charge in [-0.2, -0.15) is 0 Å². The number of pyridine rings is 1. The minimum Gasteiger partial charge on any atom is -0.352 e. The van der Waals surface area contributed by atoms with Crippen molar-refractivity contribution in [1.82, 2.24) is 10.5 Å². The summed E-state index contributed by atoms with van der Waals surface area (Å²) in [6.07, 6.45) is 3.35. The van der Waals surface area contributed by atoms with Gasteiger partial charge in [-0.05, 0) is 90.7 Å². The molecule has 2 aromatic carbocycles. The summed E-state index contributed by atoms with van der Waals surface area (Å²) in [6.45, 7) is 1.93. The second kappa shape index (κ2) is 10.6. The van der Waals surface area contributed by atoms with E-state index in [-0.39, 0.29) is 12.3 Å². The number of nitrogens with one attached hydrogen (secondary N) is 2. The molecule has 1 saturated carbocycles. The fourth-order valence-electron chi connectivity index (χ4n) is 3.35. The fraction of sp³-hybridized carbons (Fsp3) is 0.250. The van der Waals surface area contributed by atoms with Crippen LogP contribution in [0.25, 0.3) is 0 Å². The van der Waals surface area contributed by atoms with E-state index in [9.17, 15) is 13.2 Å². The lowest BCUT2D eigenvalue weighted by Gasteiger charge is -2.22. The van der Waals surface area contributed by atoms with Gasteiger partial charge in [-0.25, -0.2) is 22.7 Å². The number of benzene rings is 2. The molecule has 190 valence electrons. The number of hydrogen-bond acceptors (Lipinski definition) is 6. The number of sulfonamides is 1. The first kappa shape index (κ1) is 26.2. The molecule has 0 saturated heterocycles. The number of anilines is 3. The topological polar surface area (TPSA) is 101 Å². The molecule has 0 atom stereocenters. The molecule has 1 fully saturated rings. The van der Waals surface area contributed by atoms with Gasteiger partial charge >= 0.3 is 0 Å². The second-order valence-electron chi connectivity index (χ2n) is 8.37. The van der Waals surface area contributed by atoms with Crippen LogP contribution in [0.3, 0.4) is 0 Å². The normalized spacial score (nSPS) is 13.4. The van der Waals surface area contributed by atoms with E-state index < -0.39 is 43.7 Å². The predicted octanol–water partition coefficient (Wildman–Crippen LogP) is 4.91. The number of aryl methyl sites for hydroxylation is 1. The molecule has 0 bridgehead atoms. The van der Waals surface area contributed by atoms with Crippen molar-refractivity contribution in [3.8, 4) is 0 Å². The molecule has 0 unspecified atom stereocenters. The van der Waals surface area contributed by atoms with Crippen molar-refractivity contribution >= 4 is 55.6 Å². The largest absolute Gasteiger partial charge is 0.352 e. The molecule has 12 heteroatoms. The Labute approximate surface area is 221 Å². The predicted molar refractivity (Wildman–Crippen MR) is 140 cm³/mol. The maximum Gasteiger partial charge on any atom is 0.277 e. The minimum absolute atomic E-state index is 0.196. The van der Waals surface area contributed by atoms with Gasteiger partial charge in [0.2, 0.25) is 0 Å². The molecule has 4 rings (SSSR count). The molecule has 8 nitrogen and oxygen atoms in total. The van der Waals surface area contributed by atoms with Crippen molar-refractivity contribution in [3.05, 3.63) is 75.1 Å². The van der Waals surface area contributed by atoms with Crippen LogP contribution in [0.4, 0.5) is 25.8 Å². The number of amides is 1. The third-order valence-corrected chi connectivity index (χ3v) is 8.10. The van der Waals surface area contributed by atoms with Crippen LogP contribution in [0.5, 0.6) is 0 Å². The maximum absolute atomic E-state index is 15.4. The lowest BCUT2D eigenvalue weighted by atomic mass is 10.1. The zero-order chi connectivity index (χ0) is 26.0. The second-order valence-corrected chi connectivity index (χ2v) is 11.6. The van der Waals surface area contributed by atoms with Crippen LogP contribution < -0.4 is 15.1 Å². The van der Waals surface area contributed by atoms with Crippen LogP contribution in [-0.2, 0) is 14.9 Å². The number of rotatable bonds is 9. The quantitative estimate of drug-likeness (QED) is 0.258. The van der Waals surface area contributed by atoms with Gasteiger partial charge in [0.05, 0.1) is 23.5 Å². The third kappa shape index (κ3) is 5.76. The van der Waals surface area contributed by atoms with Gasteiger partial charge in [-0.15, -0.1) is 0 Å². The SMILES string of the molecule is Cc1cc(N(C)S(=O)(=O)c2cc(C(=O)NOCC3CC3)c(Nc3ccc(I)cc3)c(F)c2F)ccn1. The Kier molecular flexibility index (Phi) is 7.76. The first-order valence-electron chi connectivity index (χ1n) is 11.0. The van der Waals surface area contributed by atoms with E-state index in [1.54, 1.807) is 31.2 Å². The molecule has 36 heavy (non-hydrogen) atoms. The van der Waals surface area contributed by atoms with Crippen LogP contribution in [0, 0.1) is 28.0 Å². The summed E-state index contributed by atoms with van der Waals surface area (Å²) < 4.78 is 59.1. The lowest BCUT2D eigenvalue weighted by Crippen LogP contribution is -2.30. The summed E-state index contributed by atoms with van der Waals surface area (Å²) in [5, 5.41) is 2.70. The highest BCUT2D eigenvalue weighted by molar-refractivity contribution is 14.1. The number of halogens is 3. The highest BCUT2D eigenvalue weighted by Gasteiger charge is 2.32. The average molecular weight is 628 g/mol. The van der Waals surface area contributed by atoms with Crippen molar-refractivity contribution in [1.29, 1.82) is 0 Å². The van der Waals surface area contributed by atoms with Crippen molar-refractivity contribution in [2.45, 2.75) is 24.7 Å². The van der Waals surface area contributed by atoms with Gasteiger partial charge < -0.3 is 5.32 Å². The van der Waals surface area contributed by atoms with Crippen molar-refractivity contribution in [2.24, 2.45) is 5.92 Å². The molecule has 3 aromatic rings. The van der Waals surface area contributed by atoms with E-state index in [0.29, 0.717) is 17.3 Å². The van der Waals surface area contributed by atoms with Gasteiger partial charge in [-0.3, -0.25) is 18.9 Å². The van der Waals surface area contributed by atoms with Crippen LogP contribution in [0.2, 0.25) is 0 Å².